The van der Waals surface area contributed by atoms with E-state index in [2.05, 4.69) is 42.2 Å². The minimum atomic E-state index is -0.298. The zero-order valence-electron chi connectivity index (χ0n) is 8.97. The SMILES string of the molecule is Cc1cc(Br)c(F)cc1Nc1cccc(Br)n1. The lowest BCUT2D eigenvalue weighted by molar-refractivity contribution is 0.621. The molecule has 2 nitrogen and oxygen atoms in total. The average Bonchev–Trinajstić information content (AvgIpc) is 2.26. The van der Waals surface area contributed by atoms with Crippen LogP contribution in [-0.2, 0) is 0 Å². The van der Waals surface area contributed by atoms with E-state index in [-0.39, 0.29) is 5.82 Å². The van der Waals surface area contributed by atoms with Crippen molar-refractivity contribution < 1.29 is 4.39 Å². The average molecular weight is 360 g/mol. The lowest BCUT2D eigenvalue weighted by atomic mass is 10.2. The molecule has 0 aliphatic carbocycles. The molecular formula is C12H9Br2FN2. The number of pyridine rings is 1. The smallest absolute Gasteiger partial charge is 0.139 e. The van der Waals surface area contributed by atoms with Crippen LogP contribution in [0.3, 0.4) is 0 Å². The van der Waals surface area contributed by atoms with Crippen molar-refractivity contribution in [3.8, 4) is 0 Å². The Hall–Kier alpha value is -0.940. The van der Waals surface area contributed by atoms with Crippen LogP contribution in [0.25, 0.3) is 0 Å². The van der Waals surface area contributed by atoms with Crippen molar-refractivity contribution in [2.45, 2.75) is 6.92 Å². The fourth-order valence-electron chi connectivity index (χ4n) is 1.40. The summed E-state index contributed by atoms with van der Waals surface area (Å²) in [6.07, 6.45) is 0. The fraction of sp³-hybridized carbons (Fsp3) is 0.0833. The maximum Gasteiger partial charge on any atom is 0.139 e. The molecule has 0 saturated heterocycles. The molecule has 2 aromatic rings. The van der Waals surface area contributed by atoms with E-state index in [4.69, 9.17) is 0 Å². The number of benzene rings is 1. The third-order valence-electron chi connectivity index (χ3n) is 2.25. The van der Waals surface area contributed by atoms with Crippen molar-refractivity contribution in [2.24, 2.45) is 0 Å². The first kappa shape index (κ1) is 12.5. The highest BCUT2D eigenvalue weighted by atomic mass is 79.9. The van der Waals surface area contributed by atoms with E-state index >= 15 is 0 Å². The Labute approximate surface area is 116 Å². The van der Waals surface area contributed by atoms with Gasteiger partial charge in [0.05, 0.1) is 4.47 Å². The third kappa shape index (κ3) is 3.04. The van der Waals surface area contributed by atoms with Crippen LogP contribution >= 0.6 is 31.9 Å². The quantitative estimate of drug-likeness (QED) is 0.779. The van der Waals surface area contributed by atoms with Gasteiger partial charge in [0.25, 0.3) is 0 Å². The molecule has 0 bridgehead atoms. The second-order valence-corrected chi connectivity index (χ2v) is 5.22. The molecule has 0 spiro atoms. The predicted molar refractivity (Wildman–Crippen MR) is 74.1 cm³/mol. The van der Waals surface area contributed by atoms with Gasteiger partial charge in [0, 0.05) is 5.69 Å². The van der Waals surface area contributed by atoms with Gasteiger partial charge >= 0.3 is 0 Å². The lowest BCUT2D eigenvalue weighted by Gasteiger charge is -2.10. The van der Waals surface area contributed by atoms with Crippen molar-refractivity contribution in [2.75, 3.05) is 5.32 Å². The molecule has 17 heavy (non-hydrogen) atoms. The summed E-state index contributed by atoms with van der Waals surface area (Å²) in [6.45, 7) is 1.91. The Morgan fingerprint density at radius 3 is 2.71 bits per heavy atom. The predicted octanol–water partition coefficient (Wildman–Crippen LogP) is 4.80. The molecule has 88 valence electrons. The number of aryl methyl sites for hydroxylation is 1. The summed E-state index contributed by atoms with van der Waals surface area (Å²) < 4.78 is 14.6. The number of halogens is 3. The number of hydrogen-bond acceptors (Lipinski definition) is 2. The Kier molecular flexibility index (Phi) is 3.79. The van der Waals surface area contributed by atoms with Crippen LogP contribution in [0.5, 0.6) is 0 Å². The van der Waals surface area contributed by atoms with Crippen LogP contribution in [-0.4, -0.2) is 4.98 Å². The fourth-order valence-corrected chi connectivity index (χ4v) is 2.20. The summed E-state index contributed by atoms with van der Waals surface area (Å²) in [4.78, 5) is 4.23. The van der Waals surface area contributed by atoms with Gasteiger partial charge in [0.1, 0.15) is 16.2 Å². The maximum atomic E-state index is 13.4. The molecule has 0 unspecified atom stereocenters. The van der Waals surface area contributed by atoms with E-state index in [1.807, 2.05) is 25.1 Å². The third-order valence-corrected chi connectivity index (χ3v) is 3.29. The number of rotatable bonds is 2. The van der Waals surface area contributed by atoms with E-state index < -0.39 is 0 Å². The molecular weight excluding hydrogens is 351 g/mol. The molecule has 1 N–H and O–H groups in total. The zero-order chi connectivity index (χ0) is 12.4. The molecule has 1 aromatic carbocycles. The van der Waals surface area contributed by atoms with Gasteiger partial charge in [0.15, 0.2) is 0 Å². The highest BCUT2D eigenvalue weighted by Crippen LogP contribution is 2.26. The van der Waals surface area contributed by atoms with Gasteiger partial charge in [-0.15, -0.1) is 0 Å². The van der Waals surface area contributed by atoms with Crippen molar-refractivity contribution in [3.05, 3.63) is 50.8 Å². The molecule has 0 aliphatic heterocycles. The van der Waals surface area contributed by atoms with Gasteiger partial charge in [-0.2, -0.15) is 0 Å². The molecule has 2 rings (SSSR count). The molecule has 1 aromatic heterocycles. The highest BCUT2D eigenvalue weighted by Gasteiger charge is 2.06. The molecule has 0 amide bonds. The van der Waals surface area contributed by atoms with E-state index in [0.29, 0.717) is 16.0 Å². The second kappa shape index (κ2) is 5.14. The summed E-state index contributed by atoms with van der Waals surface area (Å²) in [6, 6.07) is 8.70. The minimum Gasteiger partial charge on any atom is -0.340 e. The van der Waals surface area contributed by atoms with Crippen molar-refractivity contribution in [3.63, 3.8) is 0 Å². The van der Waals surface area contributed by atoms with Crippen LogP contribution in [0.1, 0.15) is 5.56 Å². The van der Waals surface area contributed by atoms with E-state index in [0.717, 1.165) is 10.2 Å². The van der Waals surface area contributed by atoms with Gasteiger partial charge in [0.2, 0.25) is 0 Å². The molecule has 0 atom stereocenters. The van der Waals surface area contributed by atoms with Crippen molar-refractivity contribution in [1.29, 1.82) is 0 Å². The van der Waals surface area contributed by atoms with E-state index in [1.165, 1.54) is 6.07 Å². The number of anilines is 2. The lowest BCUT2D eigenvalue weighted by Crippen LogP contribution is -1.97. The number of aromatic nitrogens is 1. The minimum absolute atomic E-state index is 0.298. The van der Waals surface area contributed by atoms with Crippen LogP contribution in [0, 0.1) is 12.7 Å². The first-order chi connectivity index (χ1) is 8.06. The second-order valence-electron chi connectivity index (χ2n) is 3.55. The van der Waals surface area contributed by atoms with E-state index in [1.54, 1.807) is 6.07 Å². The Morgan fingerprint density at radius 2 is 2.00 bits per heavy atom. The number of hydrogen-bond donors (Lipinski definition) is 1. The zero-order valence-corrected chi connectivity index (χ0v) is 12.1. The number of nitrogens with zero attached hydrogens (tertiary/aromatic N) is 1. The highest BCUT2D eigenvalue weighted by molar-refractivity contribution is 9.10. The summed E-state index contributed by atoms with van der Waals surface area (Å²) in [7, 11) is 0. The van der Waals surface area contributed by atoms with Gasteiger partial charge in [-0.25, -0.2) is 9.37 Å². The summed E-state index contributed by atoms with van der Waals surface area (Å²) >= 11 is 6.44. The van der Waals surface area contributed by atoms with Crippen molar-refractivity contribution >= 4 is 43.4 Å². The summed E-state index contributed by atoms with van der Waals surface area (Å²) in [5.74, 6) is 0.372. The summed E-state index contributed by atoms with van der Waals surface area (Å²) in [5.41, 5.74) is 1.65. The molecule has 0 aliphatic rings. The van der Waals surface area contributed by atoms with Crippen LogP contribution in [0.15, 0.2) is 39.4 Å². The largest absolute Gasteiger partial charge is 0.340 e. The molecule has 0 saturated carbocycles. The first-order valence-electron chi connectivity index (χ1n) is 4.91. The molecule has 1 heterocycles. The van der Waals surface area contributed by atoms with Gasteiger partial charge < -0.3 is 5.32 Å². The van der Waals surface area contributed by atoms with Crippen LogP contribution < -0.4 is 5.32 Å². The van der Waals surface area contributed by atoms with Crippen LogP contribution in [0.2, 0.25) is 0 Å². The first-order valence-corrected chi connectivity index (χ1v) is 6.50. The summed E-state index contributed by atoms with van der Waals surface area (Å²) in [5, 5.41) is 3.08. The maximum absolute atomic E-state index is 13.4. The Bertz CT molecular complexity index is 558. The number of nitrogens with one attached hydrogen (secondary N) is 1. The topological polar surface area (TPSA) is 24.9 Å². The molecule has 0 fully saturated rings. The standard InChI is InChI=1S/C12H9Br2FN2/c1-7-5-8(13)9(15)6-10(7)16-12-4-2-3-11(14)17-12/h2-6H,1H3,(H,16,17). The van der Waals surface area contributed by atoms with Gasteiger partial charge in [-0.3, -0.25) is 0 Å². The van der Waals surface area contributed by atoms with Gasteiger partial charge in [-0.05, 0) is 68.6 Å². The molecule has 0 radical (unpaired) electrons. The molecule has 5 heteroatoms. The Morgan fingerprint density at radius 1 is 1.24 bits per heavy atom. The van der Waals surface area contributed by atoms with Crippen LogP contribution in [0.4, 0.5) is 15.9 Å². The Balaban J connectivity index is 2.33. The van der Waals surface area contributed by atoms with Gasteiger partial charge in [-0.1, -0.05) is 6.07 Å². The monoisotopic (exact) mass is 358 g/mol. The van der Waals surface area contributed by atoms with Crippen molar-refractivity contribution in [1.82, 2.24) is 4.98 Å². The normalized spacial score (nSPS) is 10.4. The van der Waals surface area contributed by atoms with E-state index in [9.17, 15) is 4.39 Å².